The molecule has 0 unspecified atom stereocenters. The van der Waals surface area contributed by atoms with Crippen molar-refractivity contribution in [1.29, 1.82) is 5.26 Å². The van der Waals surface area contributed by atoms with Crippen molar-refractivity contribution in [2.24, 2.45) is 5.41 Å². The van der Waals surface area contributed by atoms with E-state index in [1.807, 2.05) is 6.07 Å². The molecule has 0 aliphatic heterocycles. The molecule has 1 aliphatic carbocycles. The number of nitrogens with zero attached hydrogens (tertiary/aromatic N) is 1. The molecule has 1 fully saturated rings. The van der Waals surface area contributed by atoms with Crippen molar-refractivity contribution >= 4 is 16.1 Å². The maximum absolute atomic E-state index is 11.5. The predicted octanol–water partition coefficient (Wildman–Crippen LogP) is 0.682. The van der Waals surface area contributed by atoms with Crippen molar-refractivity contribution in [2.75, 3.05) is 5.75 Å². The zero-order valence-electron chi connectivity index (χ0n) is 8.06. The van der Waals surface area contributed by atoms with Gasteiger partial charge in [-0.1, -0.05) is 6.92 Å². The molecule has 2 atom stereocenters. The van der Waals surface area contributed by atoms with Crippen LogP contribution in [0.2, 0.25) is 0 Å². The average Bonchev–Trinajstić information content (AvgIpc) is 2.63. The molecule has 1 aliphatic rings. The minimum Gasteiger partial charge on any atom is -0.302 e. The highest BCUT2D eigenvalue weighted by Crippen LogP contribution is 2.39. The van der Waals surface area contributed by atoms with Crippen LogP contribution >= 0.6 is 0 Å². The van der Waals surface area contributed by atoms with Gasteiger partial charge in [0, 0.05) is 5.75 Å². The molecular formula is C9H13NO3S. The average molecular weight is 215 g/mol. The molecule has 0 amide bonds. The molecule has 0 N–H and O–H groups in total. The fourth-order valence-corrected chi connectivity index (χ4v) is 3.31. The summed E-state index contributed by atoms with van der Waals surface area (Å²) in [6.45, 7) is 1.59. The van der Waals surface area contributed by atoms with Gasteiger partial charge in [-0.15, -0.1) is 0 Å². The highest BCUT2D eigenvalue weighted by molar-refractivity contribution is 7.92. The van der Waals surface area contributed by atoms with Crippen LogP contribution in [0.25, 0.3) is 0 Å². The van der Waals surface area contributed by atoms with E-state index in [1.54, 1.807) is 6.92 Å². The summed E-state index contributed by atoms with van der Waals surface area (Å²) >= 11 is 0. The molecular weight excluding hydrogens is 202 g/mol. The molecule has 0 aromatic rings. The van der Waals surface area contributed by atoms with Gasteiger partial charge in [0.25, 0.3) is 0 Å². The molecule has 0 aromatic heterocycles. The SMILES string of the molecule is CCS(=O)(=O)[C@@H]1CC[C@](C#N)(C=O)C1. The van der Waals surface area contributed by atoms with E-state index in [0.29, 0.717) is 19.1 Å². The number of aldehydes is 1. The lowest BCUT2D eigenvalue weighted by atomic mass is 9.90. The third-order valence-corrected chi connectivity index (χ3v) is 5.09. The first-order valence-corrected chi connectivity index (χ1v) is 6.30. The van der Waals surface area contributed by atoms with Crippen LogP contribution in [0, 0.1) is 16.7 Å². The quantitative estimate of drug-likeness (QED) is 0.649. The van der Waals surface area contributed by atoms with E-state index < -0.39 is 20.5 Å². The number of carbonyl (C=O) groups excluding carboxylic acids is 1. The normalized spacial score (nSPS) is 32.4. The monoisotopic (exact) mass is 215 g/mol. The zero-order chi connectivity index (χ0) is 10.8. The summed E-state index contributed by atoms with van der Waals surface area (Å²) in [5.74, 6) is 0.0814. The lowest BCUT2D eigenvalue weighted by Crippen LogP contribution is -2.23. The second-order valence-corrected chi connectivity index (χ2v) is 6.27. The topological polar surface area (TPSA) is 75.0 Å². The summed E-state index contributed by atoms with van der Waals surface area (Å²) in [4.78, 5) is 10.7. The first-order chi connectivity index (χ1) is 6.49. The van der Waals surface area contributed by atoms with Crippen molar-refractivity contribution in [2.45, 2.75) is 31.4 Å². The Kier molecular flexibility index (Phi) is 2.95. The van der Waals surface area contributed by atoms with Crippen LogP contribution in [0.15, 0.2) is 0 Å². The molecule has 0 saturated heterocycles. The van der Waals surface area contributed by atoms with Crippen LogP contribution in [-0.4, -0.2) is 25.7 Å². The Morgan fingerprint density at radius 1 is 1.64 bits per heavy atom. The van der Waals surface area contributed by atoms with Crippen molar-refractivity contribution in [3.63, 3.8) is 0 Å². The number of nitriles is 1. The van der Waals surface area contributed by atoms with Gasteiger partial charge in [0.15, 0.2) is 9.84 Å². The highest BCUT2D eigenvalue weighted by Gasteiger charge is 2.44. The standard InChI is InChI=1S/C9H13NO3S/c1-2-14(12,13)8-3-4-9(5-8,6-10)7-11/h7-8H,2-5H2,1H3/t8-,9+/m1/s1. The number of hydrogen-bond acceptors (Lipinski definition) is 4. The number of hydrogen-bond donors (Lipinski definition) is 0. The van der Waals surface area contributed by atoms with Crippen molar-refractivity contribution in [3.8, 4) is 6.07 Å². The van der Waals surface area contributed by atoms with Crippen LogP contribution < -0.4 is 0 Å². The van der Waals surface area contributed by atoms with Gasteiger partial charge in [-0.3, -0.25) is 0 Å². The van der Waals surface area contributed by atoms with Crippen molar-refractivity contribution < 1.29 is 13.2 Å². The number of carbonyl (C=O) groups is 1. The van der Waals surface area contributed by atoms with E-state index >= 15 is 0 Å². The smallest absolute Gasteiger partial charge is 0.152 e. The van der Waals surface area contributed by atoms with E-state index in [4.69, 9.17) is 5.26 Å². The fourth-order valence-electron chi connectivity index (χ4n) is 1.81. The third kappa shape index (κ3) is 1.80. The molecule has 0 heterocycles. The Bertz CT molecular complexity index is 368. The van der Waals surface area contributed by atoms with Gasteiger partial charge >= 0.3 is 0 Å². The van der Waals surface area contributed by atoms with E-state index in [1.165, 1.54) is 0 Å². The van der Waals surface area contributed by atoms with Crippen molar-refractivity contribution in [3.05, 3.63) is 0 Å². The van der Waals surface area contributed by atoms with Gasteiger partial charge < -0.3 is 4.79 Å². The second kappa shape index (κ2) is 3.70. The van der Waals surface area contributed by atoms with E-state index in [9.17, 15) is 13.2 Å². The van der Waals surface area contributed by atoms with Gasteiger partial charge in [-0.2, -0.15) is 5.26 Å². The third-order valence-electron chi connectivity index (χ3n) is 2.86. The lowest BCUT2D eigenvalue weighted by molar-refractivity contribution is -0.113. The largest absolute Gasteiger partial charge is 0.302 e. The lowest BCUT2D eigenvalue weighted by Gasteiger charge is -2.12. The molecule has 4 nitrogen and oxygen atoms in total. The molecule has 0 radical (unpaired) electrons. The molecule has 1 saturated carbocycles. The maximum Gasteiger partial charge on any atom is 0.152 e. The number of rotatable bonds is 3. The summed E-state index contributed by atoms with van der Waals surface area (Å²) in [5.41, 5.74) is -1.05. The summed E-state index contributed by atoms with van der Waals surface area (Å²) in [6.07, 6.45) is 1.57. The van der Waals surface area contributed by atoms with Crippen LogP contribution in [-0.2, 0) is 14.6 Å². The molecule has 5 heteroatoms. The van der Waals surface area contributed by atoms with Gasteiger partial charge in [-0.25, -0.2) is 8.42 Å². The predicted molar refractivity (Wildman–Crippen MR) is 51.2 cm³/mol. The molecule has 78 valence electrons. The fraction of sp³-hybridized carbons (Fsp3) is 0.778. The highest BCUT2D eigenvalue weighted by atomic mass is 32.2. The summed E-state index contributed by atoms with van der Waals surface area (Å²) < 4.78 is 23.0. The number of sulfone groups is 1. The Hall–Kier alpha value is -0.890. The van der Waals surface area contributed by atoms with E-state index in [2.05, 4.69) is 0 Å². The Morgan fingerprint density at radius 3 is 2.64 bits per heavy atom. The Morgan fingerprint density at radius 2 is 2.29 bits per heavy atom. The van der Waals surface area contributed by atoms with E-state index in [-0.39, 0.29) is 12.2 Å². The minimum absolute atomic E-state index is 0.0814. The van der Waals surface area contributed by atoms with Crippen LogP contribution in [0.3, 0.4) is 0 Å². The van der Waals surface area contributed by atoms with Gasteiger partial charge in [0.1, 0.15) is 11.7 Å². The summed E-state index contributed by atoms with van der Waals surface area (Å²) in [7, 11) is -3.10. The minimum atomic E-state index is -3.10. The second-order valence-electron chi connectivity index (χ2n) is 3.70. The van der Waals surface area contributed by atoms with E-state index in [0.717, 1.165) is 0 Å². The Labute approximate surface area is 83.8 Å². The first kappa shape index (κ1) is 11.2. The van der Waals surface area contributed by atoms with Crippen LogP contribution in [0.4, 0.5) is 0 Å². The van der Waals surface area contributed by atoms with Gasteiger partial charge in [-0.05, 0) is 19.3 Å². The molecule has 0 bridgehead atoms. The molecule has 14 heavy (non-hydrogen) atoms. The van der Waals surface area contributed by atoms with Crippen molar-refractivity contribution in [1.82, 2.24) is 0 Å². The van der Waals surface area contributed by atoms with Gasteiger partial charge in [0.2, 0.25) is 0 Å². The molecule has 1 rings (SSSR count). The Balaban J connectivity index is 2.86. The molecule has 0 spiro atoms. The molecule has 0 aromatic carbocycles. The van der Waals surface area contributed by atoms with Crippen LogP contribution in [0.1, 0.15) is 26.2 Å². The van der Waals surface area contributed by atoms with Gasteiger partial charge in [0.05, 0.1) is 11.3 Å². The van der Waals surface area contributed by atoms with Crippen LogP contribution in [0.5, 0.6) is 0 Å². The maximum atomic E-state index is 11.5. The first-order valence-electron chi connectivity index (χ1n) is 4.59. The zero-order valence-corrected chi connectivity index (χ0v) is 8.88. The summed E-state index contributed by atoms with van der Waals surface area (Å²) in [6, 6.07) is 1.92. The summed E-state index contributed by atoms with van der Waals surface area (Å²) in [5, 5.41) is 8.29.